The molecule has 0 saturated heterocycles. The monoisotopic (exact) mass is 450 g/mol. The highest BCUT2D eigenvalue weighted by atomic mass is 127. The van der Waals surface area contributed by atoms with Crippen LogP contribution in [-0.2, 0) is 13.0 Å². The molecule has 0 fully saturated rings. The highest BCUT2D eigenvalue weighted by molar-refractivity contribution is 14.0. The van der Waals surface area contributed by atoms with Gasteiger partial charge in [-0.3, -0.25) is 0 Å². The first-order valence-electron chi connectivity index (χ1n) is 7.16. The van der Waals surface area contributed by atoms with Crippen LogP contribution in [0.3, 0.4) is 0 Å². The van der Waals surface area contributed by atoms with Crippen LogP contribution in [0.5, 0.6) is 0 Å². The van der Waals surface area contributed by atoms with Gasteiger partial charge in [0.25, 0.3) is 0 Å². The molecule has 2 rings (SSSR count). The van der Waals surface area contributed by atoms with Crippen LogP contribution in [0.2, 0.25) is 0 Å². The van der Waals surface area contributed by atoms with Crippen molar-refractivity contribution in [2.24, 2.45) is 4.99 Å². The summed E-state index contributed by atoms with van der Waals surface area (Å²) in [5.41, 5.74) is 1.15. The first kappa shape index (κ1) is 19.4. The van der Waals surface area contributed by atoms with E-state index >= 15 is 0 Å². The van der Waals surface area contributed by atoms with Crippen LogP contribution in [0.4, 0.5) is 0 Å². The molecule has 122 valence electrons. The number of thiophene rings is 1. The minimum absolute atomic E-state index is 0. The number of hydrogen-bond donors (Lipinski definition) is 2. The summed E-state index contributed by atoms with van der Waals surface area (Å²) >= 11 is 3.50. The normalized spacial score (nSPS) is 11.1. The van der Waals surface area contributed by atoms with Crippen LogP contribution in [0.1, 0.15) is 27.4 Å². The van der Waals surface area contributed by atoms with Crippen molar-refractivity contribution in [3.63, 3.8) is 0 Å². The molecule has 4 nitrogen and oxygen atoms in total. The molecular formula is C15H23IN4S2. The Kier molecular flexibility index (Phi) is 8.96. The second-order valence-corrected chi connectivity index (χ2v) is 7.18. The van der Waals surface area contributed by atoms with E-state index < -0.39 is 0 Å². The highest BCUT2D eigenvalue weighted by Crippen LogP contribution is 2.15. The summed E-state index contributed by atoms with van der Waals surface area (Å²) in [6.07, 6.45) is 0.923. The number of aliphatic imine (C=N–C) groups is 1. The zero-order valence-electron chi connectivity index (χ0n) is 13.2. The number of guanidine groups is 1. The maximum Gasteiger partial charge on any atom is 0.191 e. The lowest BCUT2D eigenvalue weighted by Crippen LogP contribution is -2.38. The number of rotatable bonds is 6. The summed E-state index contributed by atoms with van der Waals surface area (Å²) in [5, 5.41) is 9.88. The summed E-state index contributed by atoms with van der Waals surface area (Å²) in [7, 11) is 0. The third kappa shape index (κ3) is 6.62. The lowest BCUT2D eigenvalue weighted by molar-refractivity contribution is 0.791. The topological polar surface area (TPSA) is 49.3 Å². The molecule has 0 aliphatic heterocycles. The second-order valence-electron chi connectivity index (χ2n) is 4.74. The number of aromatic nitrogens is 1. The molecule has 0 unspecified atom stereocenters. The molecule has 0 aliphatic carbocycles. The van der Waals surface area contributed by atoms with E-state index in [9.17, 15) is 0 Å². The molecule has 0 saturated carbocycles. The largest absolute Gasteiger partial charge is 0.357 e. The van der Waals surface area contributed by atoms with Gasteiger partial charge < -0.3 is 10.6 Å². The smallest absolute Gasteiger partial charge is 0.191 e. The van der Waals surface area contributed by atoms with E-state index in [0.717, 1.165) is 42.7 Å². The zero-order chi connectivity index (χ0) is 15.1. The third-order valence-corrected chi connectivity index (χ3v) is 4.68. The minimum atomic E-state index is 0. The minimum Gasteiger partial charge on any atom is -0.357 e. The van der Waals surface area contributed by atoms with Gasteiger partial charge in [0.15, 0.2) is 5.96 Å². The van der Waals surface area contributed by atoms with Crippen LogP contribution in [0.25, 0.3) is 0 Å². The van der Waals surface area contributed by atoms with E-state index in [-0.39, 0.29) is 24.0 Å². The fraction of sp³-hybridized carbons (Fsp3) is 0.467. The van der Waals surface area contributed by atoms with Crippen molar-refractivity contribution >= 4 is 52.6 Å². The zero-order valence-corrected chi connectivity index (χ0v) is 17.1. The van der Waals surface area contributed by atoms with Crippen LogP contribution < -0.4 is 10.6 Å². The maximum absolute atomic E-state index is 4.62. The number of nitrogens with zero attached hydrogens (tertiary/aromatic N) is 2. The lowest BCUT2D eigenvalue weighted by atomic mass is 10.3. The van der Waals surface area contributed by atoms with Crippen LogP contribution in [-0.4, -0.2) is 24.0 Å². The van der Waals surface area contributed by atoms with E-state index in [2.05, 4.69) is 52.0 Å². The molecule has 22 heavy (non-hydrogen) atoms. The van der Waals surface area contributed by atoms with Crippen molar-refractivity contribution in [3.8, 4) is 0 Å². The Bertz CT molecular complexity index is 592. The van der Waals surface area contributed by atoms with Crippen LogP contribution in [0.15, 0.2) is 22.5 Å². The van der Waals surface area contributed by atoms with Crippen LogP contribution >= 0.6 is 46.7 Å². The number of nitrogens with one attached hydrogen (secondary N) is 2. The van der Waals surface area contributed by atoms with Crippen molar-refractivity contribution in [2.45, 2.75) is 33.7 Å². The Morgan fingerprint density at radius 3 is 2.68 bits per heavy atom. The average Bonchev–Trinajstić information content (AvgIpc) is 3.05. The first-order valence-corrected chi connectivity index (χ1v) is 8.85. The van der Waals surface area contributed by atoms with Gasteiger partial charge in [-0.1, -0.05) is 0 Å². The third-order valence-electron chi connectivity index (χ3n) is 2.87. The molecule has 0 aliphatic rings. The molecule has 0 bridgehead atoms. The van der Waals surface area contributed by atoms with Crippen molar-refractivity contribution in [1.82, 2.24) is 15.6 Å². The number of aryl methyl sites for hydroxylation is 2. The van der Waals surface area contributed by atoms with Gasteiger partial charge in [-0.15, -0.1) is 46.7 Å². The van der Waals surface area contributed by atoms with Gasteiger partial charge in [0.1, 0.15) is 0 Å². The maximum atomic E-state index is 4.62. The van der Waals surface area contributed by atoms with E-state index in [4.69, 9.17) is 0 Å². The van der Waals surface area contributed by atoms with Gasteiger partial charge in [-0.05, 0) is 32.9 Å². The van der Waals surface area contributed by atoms with Crippen molar-refractivity contribution in [1.29, 1.82) is 0 Å². The first-order chi connectivity index (χ1) is 10.2. The molecule has 0 atom stereocenters. The van der Waals surface area contributed by atoms with Gasteiger partial charge in [0, 0.05) is 34.6 Å². The molecule has 0 spiro atoms. The van der Waals surface area contributed by atoms with Crippen molar-refractivity contribution < 1.29 is 0 Å². The summed E-state index contributed by atoms with van der Waals surface area (Å²) in [5.74, 6) is 0.871. The predicted molar refractivity (Wildman–Crippen MR) is 108 cm³/mol. The van der Waals surface area contributed by atoms with E-state index in [1.165, 1.54) is 9.75 Å². The Hall–Kier alpha value is -0.670. The SMILES string of the molecule is CCNC(=NCc1ccc(C)s1)NCCc1csc(C)n1.I. The number of thiazole rings is 1. The Morgan fingerprint density at radius 1 is 1.27 bits per heavy atom. The molecule has 2 heterocycles. The summed E-state index contributed by atoms with van der Waals surface area (Å²) in [4.78, 5) is 11.7. The fourth-order valence-electron chi connectivity index (χ4n) is 1.90. The van der Waals surface area contributed by atoms with E-state index in [1.807, 2.05) is 6.92 Å². The lowest BCUT2D eigenvalue weighted by Gasteiger charge is -2.10. The molecule has 2 aromatic heterocycles. The van der Waals surface area contributed by atoms with Gasteiger partial charge in [0.05, 0.1) is 17.2 Å². The second kappa shape index (κ2) is 10.2. The summed E-state index contributed by atoms with van der Waals surface area (Å²) in [6.45, 7) is 8.68. The average molecular weight is 450 g/mol. The van der Waals surface area contributed by atoms with Crippen molar-refractivity contribution in [2.75, 3.05) is 13.1 Å². The number of halogens is 1. The van der Waals surface area contributed by atoms with Crippen LogP contribution in [0, 0.1) is 13.8 Å². The Morgan fingerprint density at radius 2 is 2.09 bits per heavy atom. The molecule has 0 radical (unpaired) electrons. The molecule has 7 heteroatoms. The summed E-state index contributed by atoms with van der Waals surface area (Å²) in [6, 6.07) is 4.28. The molecule has 2 aromatic rings. The predicted octanol–water partition coefficient (Wildman–Crippen LogP) is 3.74. The molecule has 2 N–H and O–H groups in total. The molecular weight excluding hydrogens is 427 g/mol. The van der Waals surface area contributed by atoms with E-state index in [1.54, 1.807) is 22.7 Å². The van der Waals surface area contributed by atoms with Gasteiger partial charge >= 0.3 is 0 Å². The van der Waals surface area contributed by atoms with Gasteiger partial charge in [-0.2, -0.15) is 0 Å². The quantitative estimate of drug-likeness (QED) is 0.401. The Labute approximate surface area is 157 Å². The molecule has 0 aromatic carbocycles. The highest BCUT2D eigenvalue weighted by Gasteiger charge is 2.01. The summed E-state index contributed by atoms with van der Waals surface area (Å²) < 4.78 is 0. The standard InChI is InChI=1S/C15H22N4S2.HI/c1-4-16-15(18-9-14-6-5-11(2)21-14)17-8-7-13-10-20-12(3)19-13;/h5-6,10H,4,7-9H2,1-3H3,(H2,16,17,18);1H. The van der Waals surface area contributed by atoms with Gasteiger partial charge in [-0.25, -0.2) is 9.98 Å². The fourth-order valence-corrected chi connectivity index (χ4v) is 3.36. The number of hydrogen-bond acceptors (Lipinski definition) is 4. The Balaban J connectivity index is 0.00000242. The van der Waals surface area contributed by atoms with Gasteiger partial charge in [0.2, 0.25) is 0 Å². The van der Waals surface area contributed by atoms with Crippen molar-refractivity contribution in [3.05, 3.63) is 38.0 Å². The molecule has 0 amide bonds. The van der Waals surface area contributed by atoms with E-state index in [0.29, 0.717) is 0 Å².